The smallest absolute Gasteiger partial charge is 0.403 e. The molecule has 14 heteroatoms. The van der Waals surface area contributed by atoms with E-state index in [-0.39, 0.29) is 29.1 Å². The van der Waals surface area contributed by atoms with E-state index in [0.29, 0.717) is 16.6 Å². The lowest BCUT2D eigenvalue weighted by molar-refractivity contribution is -0.274. The molecule has 0 radical (unpaired) electrons. The third-order valence-corrected chi connectivity index (χ3v) is 6.03. The second-order valence-corrected chi connectivity index (χ2v) is 8.65. The molecule has 202 valence electrons. The van der Waals surface area contributed by atoms with E-state index < -0.39 is 29.7 Å². The van der Waals surface area contributed by atoms with Gasteiger partial charge in [0.05, 0.1) is 11.9 Å². The standard InChI is InChI=1S/C25H18F6N6O2/c1-35-12-19(24(26,27)28)34-21(35)15-8-6-14(7-9-15)10-16-4-3-5-17(20(16)39-25(29,30)31)37-22-18(11-32-13-33-22)36(2)23(37)38/h3-9,11-13H,10H2,1-2H3. The van der Waals surface area contributed by atoms with Crippen molar-refractivity contribution >= 4 is 11.2 Å². The minimum absolute atomic E-state index is 0.0393. The summed E-state index contributed by atoms with van der Waals surface area (Å²) in [6, 6.07) is 10.4. The van der Waals surface area contributed by atoms with Crippen molar-refractivity contribution in [2.75, 3.05) is 0 Å². The van der Waals surface area contributed by atoms with E-state index >= 15 is 0 Å². The summed E-state index contributed by atoms with van der Waals surface area (Å²) in [5.41, 5.74) is -0.393. The van der Waals surface area contributed by atoms with Gasteiger partial charge >= 0.3 is 18.2 Å². The lowest BCUT2D eigenvalue weighted by Gasteiger charge is -2.18. The molecule has 0 saturated carbocycles. The molecule has 39 heavy (non-hydrogen) atoms. The first-order valence-electron chi connectivity index (χ1n) is 11.3. The van der Waals surface area contributed by atoms with Crippen LogP contribution in [0.4, 0.5) is 26.3 Å². The monoisotopic (exact) mass is 548 g/mol. The largest absolute Gasteiger partial charge is 0.573 e. The molecule has 0 atom stereocenters. The molecule has 8 nitrogen and oxygen atoms in total. The average Bonchev–Trinajstić information content (AvgIpc) is 3.38. The van der Waals surface area contributed by atoms with E-state index in [1.54, 1.807) is 12.1 Å². The molecule has 0 N–H and O–H groups in total. The number of aryl methyl sites for hydroxylation is 2. The lowest BCUT2D eigenvalue weighted by atomic mass is 10.0. The fourth-order valence-electron chi connectivity index (χ4n) is 4.27. The zero-order chi connectivity index (χ0) is 28.1. The summed E-state index contributed by atoms with van der Waals surface area (Å²) in [6.07, 6.45) is -6.29. The van der Waals surface area contributed by atoms with Gasteiger partial charge in [0.25, 0.3) is 0 Å². The maximum Gasteiger partial charge on any atom is 0.573 e. The maximum absolute atomic E-state index is 13.5. The van der Waals surface area contributed by atoms with Crippen molar-refractivity contribution in [2.24, 2.45) is 14.1 Å². The highest BCUT2D eigenvalue weighted by Crippen LogP contribution is 2.35. The Balaban J connectivity index is 1.56. The topological polar surface area (TPSA) is 79.8 Å². The number of nitrogens with zero attached hydrogens (tertiary/aromatic N) is 6. The number of fused-ring (bicyclic) bond motifs is 1. The SMILES string of the molecule is Cn1cc(C(F)(F)F)nc1-c1ccc(Cc2cccc(-n3c(=O)n(C)c4cncnc43)c2OC(F)(F)F)cc1. The number of rotatable bonds is 5. The Hall–Kier alpha value is -4.62. The minimum atomic E-state index is -5.06. The number of halogens is 6. The first-order chi connectivity index (χ1) is 18.3. The van der Waals surface area contributed by atoms with Crippen LogP contribution < -0.4 is 10.4 Å². The molecule has 0 aliphatic rings. The van der Waals surface area contributed by atoms with E-state index in [2.05, 4.69) is 19.7 Å². The van der Waals surface area contributed by atoms with Crippen molar-refractivity contribution in [1.29, 1.82) is 0 Å². The Morgan fingerprint density at radius 3 is 2.33 bits per heavy atom. The molecule has 0 aliphatic heterocycles. The fourth-order valence-corrected chi connectivity index (χ4v) is 4.27. The van der Waals surface area contributed by atoms with Crippen molar-refractivity contribution in [3.8, 4) is 22.8 Å². The molecule has 0 aliphatic carbocycles. The highest BCUT2D eigenvalue weighted by Gasteiger charge is 2.35. The van der Waals surface area contributed by atoms with Crippen molar-refractivity contribution in [1.82, 2.24) is 28.7 Å². The first-order valence-corrected chi connectivity index (χ1v) is 11.3. The van der Waals surface area contributed by atoms with Gasteiger partial charge < -0.3 is 9.30 Å². The summed E-state index contributed by atoms with van der Waals surface area (Å²) in [4.78, 5) is 24.6. The van der Waals surface area contributed by atoms with Gasteiger partial charge in [-0.2, -0.15) is 13.2 Å². The molecule has 3 aromatic heterocycles. The number of hydrogen-bond acceptors (Lipinski definition) is 5. The van der Waals surface area contributed by atoms with Crippen molar-refractivity contribution in [3.63, 3.8) is 0 Å². The zero-order valence-electron chi connectivity index (χ0n) is 20.2. The lowest BCUT2D eigenvalue weighted by Crippen LogP contribution is -2.24. The molecule has 5 rings (SSSR count). The molecular formula is C25H18F6N6O2. The number of hydrogen-bond donors (Lipinski definition) is 0. The van der Waals surface area contributed by atoms with Gasteiger partial charge in [-0.3, -0.25) is 4.57 Å². The van der Waals surface area contributed by atoms with Gasteiger partial charge in [0.2, 0.25) is 0 Å². The van der Waals surface area contributed by atoms with Crippen LogP contribution in [0.5, 0.6) is 5.75 Å². The van der Waals surface area contributed by atoms with E-state index in [1.165, 1.54) is 66.1 Å². The summed E-state index contributed by atoms with van der Waals surface area (Å²) >= 11 is 0. The third kappa shape index (κ3) is 4.96. The van der Waals surface area contributed by atoms with Crippen molar-refractivity contribution < 1.29 is 31.1 Å². The summed E-state index contributed by atoms with van der Waals surface area (Å²) in [6.45, 7) is 0. The van der Waals surface area contributed by atoms with Crippen molar-refractivity contribution in [3.05, 3.63) is 88.5 Å². The van der Waals surface area contributed by atoms with Crippen LogP contribution in [0.2, 0.25) is 0 Å². The molecule has 0 saturated heterocycles. The van der Waals surface area contributed by atoms with Crippen LogP contribution in [0.1, 0.15) is 16.8 Å². The van der Waals surface area contributed by atoms with E-state index in [1.807, 2.05) is 0 Å². The van der Waals surface area contributed by atoms with Gasteiger partial charge in [0.1, 0.15) is 17.7 Å². The molecule has 0 bridgehead atoms. The van der Waals surface area contributed by atoms with Gasteiger partial charge in [-0.1, -0.05) is 36.4 Å². The summed E-state index contributed by atoms with van der Waals surface area (Å²) in [7, 11) is 2.87. The van der Waals surface area contributed by atoms with E-state index in [4.69, 9.17) is 0 Å². The van der Waals surface area contributed by atoms with Gasteiger partial charge in [-0.05, 0) is 11.6 Å². The molecule has 0 amide bonds. The summed E-state index contributed by atoms with van der Waals surface area (Å²) in [5.74, 6) is -0.504. The van der Waals surface area contributed by atoms with Crippen LogP contribution >= 0.6 is 0 Å². The minimum Gasteiger partial charge on any atom is -0.403 e. The molecule has 3 heterocycles. The van der Waals surface area contributed by atoms with Gasteiger partial charge in [-0.15, -0.1) is 13.2 Å². The number of ether oxygens (including phenoxy) is 1. The average molecular weight is 548 g/mol. The van der Waals surface area contributed by atoms with Crippen LogP contribution in [0.25, 0.3) is 28.2 Å². The Morgan fingerprint density at radius 1 is 0.974 bits per heavy atom. The Kier molecular flexibility index (Phi) is 6.19. The van der Waals surface area contributed by atoms with Crippen molar-refractivity contribution in [2.45, 2.75) is 19.0 Å². The number of imidazole rings is 2. The first kappa shape index (κ1) is 26.0. The quantitative estimate of drug-likeness (QED) is 0.288. The van der Waals surface area contributed by atoms with E-state index in [9.17, 15) is 31.1 Å². The van der Waals surface area contributed by atoms with Gasteiger partial charge in [-0.25, -0.2) is 24.3 Å². The van der Waals surface area contributed by atoms with Gasteiger partial charge in [0, 0.05) is 37.8 Å². The molecule has 2 aromatic carbocycles. The maximum atomic E-state index is 13.5. The Labute approximate surface area is 215 Å². The predicted molar refractivity (Wildman–Crippen MR) is 127 cm³/mol. The number of alkyl halides is 6. The second kappa shape index (κ2) is 9.29. The van der Waals surface area contributed by atoms with Crippen LogP contribution in [-0.4, -0.2) is 35.0 Å². The normalized spacial score (nSPS) is 12.3. The highest BCUT2D eigenvalue weighted by molar-refractivity contribution is 5.74. The zero-order valence-corrected chi connectivity index (χ0v) is 20.2. The highest BCUT2D eigenvalue weighted by atomic mass is 19.4. The Bertz CT molecular complexity index is 1730. The molecule has 0 spiro atoms. The summed E-state index contributed by atoms with van der Waals surface area (Å²) in [5, 5.41) is 0. The Morgan fingerprint density at radius 2 is 1.69 bits per heavy atom. The molecular weight excluding hydrogens is 530 g/mol. The van der Waals surface area contributed by atoms with Crippen LogP contribution in [-0.2, 0) is 26.7 Å². The molecule has 5 aromatic rings. The van der Waals surface area contributed by atoms with Crippen LogP contribution in [0.15, 0.2) is 66.0 Å². The predicted octanol–water partition coefficient (Wildman–Crippen LogP) is 5.03. The number of aromatic nitrogens is 6. The van der Waals surface area contributed by atoms with Crippen LogP contribution in [0, 0.1) is 0 Å². The molecule has 0 unspecified atom stereocenters. The fraction of sp³-hybridized carbons (Fsp3) is 0.200. The second-order valence-electron chi connectivity index (χ2n) is 8.65. The third-order valence-electron chi connectivity index (χ3n) is 6.03. The van der Waals surface area contributed by atoms with E-state index in [0.717, 1.165) is 10.8 Å². The van der Waals surface area contributed by atoms with Gasteiger partial charge in [0.15, 0.2) is 17.1 Å². The summed E-state index contributed by atoms with van der Waals surface area (Å²) < 4.78 is 87.5. The number of para-hydroxylation sites is 1. The van der Waals surface area contributed by atoms with Crippen LogP contribution in [0.3, 0.4) is 0 Å². The number of benzene rings is 2. The molecule has 0 fully saturated rings.